The Hall–Kier alpha value is -2.23. The molecule has 0 saturated heterocycles. The van der Waals surface area contributed by atoms with Gasteiger partial charge in [0.15, 0.2) is 5.17 Å². The van der Waals surface area contributed by atoms with E-state index in [1.807, 2.05) is 0 Å². The maximum absolute atomic E-state index is 13.7. The predicted octanol–water partition coefficient (Wildman–Crippen LogP) is 6.37. The molecule has 17 heteroatoms. The fourth-order valence-electron chi connectivity index (χ4n) is 2.22. The molecular weight excluding hydrogens is 488 g/mol. The van der Waals surface area contributed by atoms with Crippen LogP contribution in [0.15, 0.2) is 33.9 Å². The molecule has 1 aromatic rings. The van der Waals surface area contributed by atoms with Gasteiger partial charge in [0.1, 0.15) is 5.69 Å². The van der Waals surface area contributed by atoms with Gasteiger partial charge in [-0.25, -0.2) is 9.38 Å². The molecule has 1 N–H and O–H groups in total. The van der Waals surface area contributed by atoms with Crippen molar-refractivity contribution in [3.8, 4) is 0 Å². The molecule has 0 unspecified atom stereocenters. The highest BCUT2D eigenvalue weighted by Gasteiger charge is 2.77. The number of benzene rings is 1. The molecule has 0 bridgehead atoms. The van der Waals surface area contributed by atoms with Crippen molar-refractivity contribution >= 4 is 39.9 Å². The molecule has 166 valence electrons. The minimum Gasteiger partial charge on any atom is -0.328 e. The molecule has 30 heavy (non-hydrogen) atoms. The number of thioether (sulfide) groups is 1. The Morgan fingerprint density at radius 2 is 1.63 bits per heavy atom. The summed E-state index contributed by atoms with van der Waals surface area (Å²) in [5.41, 5.74) is -7.39. The zero-order valence-corrected chi connectivity index (χ0v) is 15.1. The molecule has 0 saturated carbocycles. The van der Waals surface area contributed by atoms with Crippen LogP contribution in [0.25, 0.3) is 0 Å². The first-order valence-corrected chi connectivity index (χ1v) is 8.21. The first-order valence-electron chi connectivity index (χ1n) is 7.02. The van der Waals surface area contributed by atoms with Crippen LogP contribution in [0.1, 0.15) is 0 Å². The van der Waals surface area contributed by atoms with Crippen molar-refractivity contribution < 1.29 is 48.8 Å². The summed E-state index contributed by atoms with van der Waals surface area (Å²) >= 11 is 4.67. The third-order valence-electron chi connectivity index (χ3n) is 3.49. The summed E-state index contributed by atoms with van der Waals surface area (Å²) in [6, 6.07) is 2.71. The Labute approximate surface area is 167 Å². The molecule has 0 aromatic heterocycles. The highest BCUT2D eigenvalue weighted by molar-refractivity contribution is 8.17. The molecule has 0 fully saturated rings. The van der Waals surface area contributed by atoms with Crippen LogP contribution in [0.2, 0.25) is 5.02 Å². The molecule has 0 spiro atoms. The van der Waals surface area contributed by atoms with E-state index in [9.17, 15) is 54.0 Å². The average molecular weight is 492 g/mol. The lowest BCUT2D eigenvalue weighted by Gasteiger charge is -2.31. The minimum atomic E-state index is -6.55. The number of allylic oxidation sites excluding steroid dienone is 1. The Morgan fingerprint density at radius 1 is 1.10 bits per heavy atom. The van der Waals surface area contributed by atoms with Gasteiger partial charge < -0.3 is 5.32 Å². The van der Waals surface area contributed by atoms with Crippen molar-refractivity contribution in [3.05, 3.63) is 44.1 Å². The minimum absolute atomic E-state index is 0.578. The Kier molecular flexibility index (Phi) is 5.99. The van der Waals surface area contributed by atoms with E-state index in [4.69, 9.17) is 11.6 Å². The second-order valence-electron chi connectivity index (χ2n) is 5.38. The molecule has 2 rings (SSSR count). The van der Waals surface area contributed by atoms with Crippen LogP contribution in [0.4, 0.5) is 55.3 Å². The number of anilines is 1. The van der Waals surface area contributed by atoms with Crippen LogP contribution < -0.4 is 5.32 Å². The number of alkyl halides is 9. The third kappa shape index (κ3) is 4.01. The van der Waals surface area contributed by atoms with Gasteiger partial charge in [0.2, 0.25) is 5.83 Å². The van der Waals surface area contributed by atoms with Crippen molar-refractivity contribution in [2.24, 2.45) is 4.99 Å². The summed E-state index contributed by atoms with van der Waals surface area (Å²) in [4.78, 5) is 9.27. The lowest BCUT2D eigenvalue weighted by atomic mass is 9.97. The molecule has 1 heterocycles. The molecule has 1 aromatic carbocycles. The van der Waals surface area contributed by atoms with Gasteiger partial charge in [0.25, 0.3) is 11.2 Å². The molecule has 5 nitrogen and oxygen atoms in total. The summed E-state index contributed by atoms with van der Waals surface area (Å²) in [6.45, 7) is 0. The highest BCUT2D eigenvalue weighted by atomic mass is 35.5. The number of para-hydroxylation sites is 1. The van der Waals surface area contributed by atoms with Crippen LogP contribution in [-0.2, 0) is 0 Å². The first-order chi connectivity index (χ1) is 13.4. The number of nitrogens with zero attached hydrogens (tertiary/aromatic N) is 2. The Bertz CT molecular complexity index is 925. The van der Waals surface area contributed by atoms with Crippen LogP contribution >= 0.6 is 23.4 Å². The van der Waals surface area contributed by atoms with Crippen LogP contribution in [0.5, 0.6) is 0 Å². The highest BCUT2D eigenvalue weighted by Crippen LogP contribution is 2.59. The average Bonchev–Trinajstić information content (AvgIpc) is 2.95. The maximum atomic E-state index is 13.7. The van der Waals surface area contributed by atoms with Gasteiger partial charge >= 0.3 is 18.5 Å². The largest absolute Gasteiger partial charge is 0.443 e. The van der Waals surface area contributed by atoms with Crippen molar-refractivity contribution in [2.45, 2.75) is 24.1 Å². The number of halogens is 11. The zero-order valence-electron chi connectivity index (χ0n) is 13.5. The molecule has 0 amide bonds. The van der Waals surface area contributed by atoms with Crippen molar-refractivity contribution in [2.75, 3.05) is 5.32 Å². The van der Waals surface area contributed by atoms with E-state index in [0.717, 1.165) is 18.2 Å². The normalized spacial score (nSPS) is 18.8. The SMILES string of the molecule is O=[N+]([O-])c1cccc(Cl)c1NC1=NC(C(F)(F)F)(C(F)(F)F)C(=C(F)C(F)(F)F)S1. The van der Waals surface area contributed by atoms with E-state index in [-0.39, 0.29) is 0 Å². The number of hydrogen-bond donors (Lipinski definition) is 1. The number of amidine groups is 1. The summed E-state index contributed by atoms with van der Waals surface area (Å²) in [7, 11) is 0. The second-order valence-corrected chi connectivity index (χ2v) is 6.79. The third-order valence-corrected chi connectivity index (χ3v) is 4.87. The molecule has 1 aliphatic rings. The molecular formula is C13H4ClF10N3O2S. The predicted molar refractivity (Wildman–Crippen MR) is 85.8 cm³/mol. The smallest absolute Gasteiger partial charge is 0.328 e. The molecule has 1 aliphatic heterocycles. The van der Waals surface area contributed by atoms with Gasteiger partial charge in [-0.2, -0.15) is 39.5 Å². The standard InChI is InChI=1S/C13H4ClF10N3O2S/c14-4-2-1-3-5(27(28)29)6(4)25-9-26-10(12(19,20)21,13(22,23)24)8(30-9)7(15)11(16,17)18/h1-3H,(H,25,26). The second kappa shape index (κ2) is 7.47. The maximum Gasteiger partial charge on any atom is 0.443 e. The molecule has 0 aliphatic carbocycles. The quantitative estimate of drug-likeness (QED) is 0.297. The lowest BCUT2D eigenvalue weighted by Crippen LogP contribution is -2.55. The van der Waals surface area contributed by atoms with E-state index in [1.165, 1.54) is 0 Å². The summed E-state index contributed by atoms with van der Waals surface area (Å²) in [5, 5.41) is 10.5. The fraction of sp³-hybridized carbons (Fsp3) is 0.308. The molecule has 0 radical (unpaired) electrons. The number of rotatable bonds is 2. The van der Waals surface area contributed by atoms with Crippen molar-refractivity contribution in [1.29, 1.82) is 0 Å². The van der Waals surface area contributed by atoms with Crippen molar-refractivity contribution in [3.63, 3.8) is 0 Å². The molecule has 0 atom stereocenters. The van der Waals surface area contributed by atoms with E-state index < -0.39 is 73.1 Å². The van der Waals surface area contributed by atoms with Gasteiger partial charge in [0.05, 0.1) is 14.9 Å². The van der Waals surface area contributed by atoms with E-state index in [0.29, 0.717) is 0 Å². The van der Waals surface area contributed by atoms with Gasteiger partial charge in [-0.3, -0.25) is 10.1 Å². The van der Waals surface area contributed by atoms with Gasteiger partial charge in [0, 0.05) is 6.07 Å². The summed E-state index contributed by atoms with van der Waals surface area (Å²) < 4.78 is 132. The van der Waals surface area contributed by atoms with Crippen LogP contribution in [0.3, 0.4) is 0 Å². The Morgan fingerprint density at radius 3 is 2.07 bits per heavy atom. The van der Waals surface area contributed by atoms with Crippen molar-refractivity contribution in [1.82, 2.24) is 0 Å². The summed E-state index contributed by atoms with van der Waals surface area (Å²) in [5.74, 6) is -3.67. The van der Waals surface area contributed by atoms with E-state index in [2.05, 4.69) is 4.99 Å². The monoisotopic (exact) mass is 491 g/mol. The zero-order chi connectivity index (χ0) is 23.3. The van der Waals surface area contributed by atoms with Gasteiger partial charge in [-0.05, 0) is 6.07 Å². The number of nitro groups is 1. The van der Waals surface area contributed by atoms with Gasteiger partial charge in [-0.1, -0.05) is 29.4 Å². The van der Waals surface area contributed by atoms with E-state index in [1.54, 1.807) is 5.32 Å². The number of hydrogen-bond acceptors (Lipinski definition) is 5. The summed E-state index contributed by atoms with van der Waals surface area (Å²) in [6.07, 6.45) is -19.3. The lowest BCUT2D eigenvalue weighted by molar-refractivity contribution is -0.383. The van der Waals surface area contributed by atoms with Crippen LogP contribution in [-0.4, -0.2) is 34.2 Å². The number of aliphatic imine (C=N–C) groups is 1. The fourth-order valence-corrected chi connectivity index (χ4v) is 3.60. The number of nitro benzene ring substituents is 1. The Balaban J connectivity index is 2.76. The van der Waals surface area contributed by atoms with Gasteiger partial charge in [-0.15, -0.1) is 0 Å². The van der Waals surface area contributed by atoms with Crippen LogP contribution in [0, 0.1) is 10.1 Å². The first kappa shape index (κ1) is 24.0. The topological polar surface area (TPSA) is 67.5 Å². The number of nitrogens with one attached hydrogen (secondary N) is 1. The van der Waals surface area contributed by atoms with E-state index >= 15 is 0 Å².